The molecule has 1 aromatic heterocycles. The lowest BCUT2D eigenvalue weighted by Gasteiger charge is -2.35. The second kappa shape index (κ2) is 9.56. The fraction of sp³-hybridized carbons (Fsp3) is 0.455. The molecule has 1 amide bonds. The highest BCUT2D eigenvalue weighted by atomic mass is 16.2. The second-order valence-corrected chi connectivity index (χ2v) is 7.58. The number of aromatic nitrogens is 2. The smallest absolute Gasteiger partial charge is 0.225 e. The number of benzene rings is 1. The van der Waals surface area contributed by atoms with Gasteiger partial charge < -0.3 is 20.0 Å². The van der Waals surface area contributed by atoms with Crippen LogP contribution in [0.3, 0.4) is 0 Å². The molecule has 30 heavy (non-hydrogen) atoms. The SMILES string of the molecule is CN=C(NCCC(=O)N1CCN(c2ncccn2)CC1)N1CCc2ccccc2C1. The van der Waals surface area contributed by atoms with Crippen LogP contribution < -0.4 is 10.2 Å². The number of carbonyl (C=O) groups excluding carboxylic acids is 1. The van der Waals surface area contributed by atoms with Crippen molar-refractivity contribution in [3.05, 3.63) is 53.9 Å². The number of hydrogen-bond acceptors (Lipinski definition) is 5. The van der Waals surface area contributed by atoms with Crippen LogP contribution >= 0.6 is 0 Å². The van der Waals surface area contributed by atoms with Crippen LogP contribution in [-0.4, -0.2) is 78.0 Å². The summed E-state index contributed by atoms with van der Waals surface area (Å²) in [5, 5.41) is 3.37. The van der Waals surface area contributed by atoms with Gasteiger partial charge in [-0.05, 0) is 23.6 Å². The van der Waals surface area contributed by atoms with Crippen LogP contribution in [0.5, 0.6) is 0 Å². The number of fused-ring (bicyclic) bond motifs is 1. The van der Waals surface area contributed by atoms with E-state index >= 15 is 0 Å². The Balaban J connectivity index is 1.22. The molecule has 0 unspecified atom stereocenters. The van der Waals surface area contributed by atoms with Gasteiger partial charge >= 0.3 is 0 Å². The first kappa shape index (κ1) is 20.1. The van der Waals surface area contributed by atoms with Gasteiger partial charge in [0.2, 0.25) is 11.9 Å². The number of aliphatic imine (C=N–C) groups is 1. The predicted octanol–water partition coefficient (Wildman–Crippen LogP) is 1.15. The van der Waals surface area contributed by atoms with E-state index in [0.29, 0.717) is 26.1 Å². The van der Waals surface area contributed by atoms with Crippen LogP contribution in [0.2, 0.25) is 0 Å². The summed E-state index contributed by atoms with van der Waals surface area (Å²) >= 11 is 0. The Bertz CT molecular complexity index is 878. The summed E-state index contributed by atoms with van der Waals surface area (Å²) in [6, 6.07) is 10.4. The quantitative estimate of drug-likeness (QED) is 0.605. The number of nitrogens with zero attached hydrogens (tertiary/aromatic N) is 6. The Morgan fingerprint density at radius 3 is 2.47 bits per heavy atom. The number of guanidine groups is 1. The number of rotatable bonds is 4. The molecule has 0 radical (unpaired) electrons. The molecule has 0 spiro atoms. The summed E-state index contributed by atoms with van der Waals surface area (Å²) in [5.41, 5.74) is 2.77. The third-order valence-corrected chi connectivity index (χ3v) is 5.73. The maximum Gasteiger partial charge on any atom is 0.225 e. The van der Waals surface area contributed by atoms with Crippen LogP contribution in [-0.2, 0) is 17.8 Å². The Morgan fingerprint density at radius 1 is 1.00 bits per heavy atom. The zero-order chi connectivity index (χ0) is 20.8. The Morgan fingerprint density at radius 2 is 1.73 bits per heavy atom. The van der Waals surface area contributed by atoms with Crippen molar-refractivity contribution in [3.63, 3.8) is 0 Å². The normalized spacial score (nSPS) is 17.0. The molecular formula is C22H29N7O. The summed E-state index contributed by atoms with van der Waals surface area (Å²) in [5.74, 6) is 1.78. The molecule has 1 saturated heterocycles. The summed E-state index contributed by atoms with van der Waals surface area (Å²) in [7, 11) is 1.80. The largest absolute Gasteiger partial charge is 0.356 e. The van der Waals surface area contributed by atoms with E-state index in [2.05, 4.69) is 54.3 Å². The van der Waals surface area contributed by atoms with E-state index in [0.717, 1.165) is 44.5 Å². The minimum atomic E-state index is 0.176. The lowest BCUT2D eigenvalue weighted by atomic mass is 10.0. The van der Waals surface area contributed by atoms with Crippen molar-refractivity contribution in [1.82, 2.24) is 25.1 Å². The van der Waals surface area contributed by atoms with Gasteiger partial charge in [-0.15, -0.1) is 0 Å². The number of nitrogens with one attached hydrogen (secondary N) is 1. The van der Waals surface area contributed by atoms with Gasteiger partial charge in [0, 0.05) is 71.7 Å². The van der Waals surface area contributed by atoms with E-state index in [9.17, 15) is 4.79 Å². The Hall–Kier alpha value is -3.16. The summed E-state index contributed by atoms with van der Waals surface area (Å²) in [6.45, 7) is 5.31. The van der Waals surface area contributed by atoms with Gasteiger partial charge in [-0.25, -0.2) is 9.97 Å². The molecule has 8 heteroatoms. The molecule has 0 aliphatic carbocycles. The first-order valence-corrected chi connectivity index (χ1v) is 10.6. The minimum Gasteiger partial charge on any atom is -0.356 e. The highest BCUT2D eigenvalue weighted by molar-refractivity contribution is 5.81. The molecule has 8 nitrogen and oxygen atoms in total. The summed E-state index contributed by atoms with van der Waals surface area (Å²) in [6.07, 6.45) is 4.98. The van der Waals surface area contributed by atoms with Crippen molar-refractivity contribution in [1.29, 1.82) is 0 Å². The van der Waals surface area contributed by atoms with Crippen molar-refractivity contribution in [3.8, 4) is 0 Å². The molecular weight excluding hydrogens is 378 g/mol. The zero-order valence-corrected chi connectivity index (χ0v) is 17.5. The lowest BCUT2D eigenvalue weighted by Crippen LogP contribution is -2.50. The van der Waals surface area contributed by atoms with Crippen LogP contribution in [0.15, 0.2) is 47.7 Å². The molecule has 1 fully saturated rings. The van der Waals surface area contributed by atoms with Gasteiger partial charge in [0.25, 0.3) is 0 Å². The van der Waals surface area contributed by atoms with Crippen LogP contribution in [0.25, 0.3) is 0 Å². The highest BCUT2D eigenvalue weighted by Crippen LogP contribution is 2.18. The monoisotopic (exact) mass is 407 g/mol. The van der Waals surface area contributed by atoms with Crippen molar-refractivity contribution < 1.29 is 4.79 Å². The van der Waals surface area contributed by atoms with Gasteiger partial charge in [-0.1, -0.05) is 24.3 Å². The molecule has 4 rings (SSSR count). The van der Waals surface area contributed by atoms with E-state index in [1.807, 2.05) is 11.0 Å². The molecule has 2 aliphatic heterocycles. The van der Waals surface area contributed by atoms with Gasteiger partial charge in [-0.2, -0.15) is 0 Å². The average Bonchev–Trinajstić information content (AvgIpc) is 2.82. The molecule has 2 aromatic rings. The fourth-order valence-corrected chi connectivity index (χ4v) is 4.06. The van der Waals surface area contributed by atoms with Gasteiger partial charge in [0.15, 0.2) is 5.96 Å². The van der Waals surface area contributed by atoms with E-state index in [1.54, 1.807) is 19.4 Å². The van der Waals surface area contributed by atoms with Gasteiger partial charge in [0.05, 0.1) is 0 Å². The molecule has 0 bridgehead atoms. The molecule has 1 aromatic carbocycles. The standard InChI is InChI=1S/C22H29N7O/c1-23-21(29-12-8-18-5-2-3-6-19(18)17-29)26-11-7-20(30)27-13-15-28(16-14-27)22-24-9-4-10-25-22/h2-6,9-10H,7-8,11-17H2,1H3,(H,23,26). The maximum atomic E-state index is 12.6. The van der Waals surface area contributed by atoms with Crippen LogP contribution in [0.4, 0.5) is 5.95 Å². The molecule has 1 N–H and O–H groups in total. The predicted molar refractivity (Wildman–Crippen MR) is 117 cm³/mol. The topological polar surface area (TPSA) is 77.0 Å². The number of piperazine rings is 1. The van der Waals surface area contributed by atoms with Gasteiger partial charge in [0.1, 0.15) is 0 Å². The van der Waals surface area contributed by atoms with Crippen molar-refractivity contribution in [2.24, 2.45) is 4.99 Å². The Labute approximate surface area is 177 Å². The van der Waals surface area contributed by atoms with Crippen molar-refractivity contribution >= 4 is 17.8 Å². The van der Waals surface area contributed by atoms with E-state index < -0.39 is 0 Å². The molecule has 0 atom stereocenters. The Kier molecular flexibility index (Phi) is 6.41. The number of carbonyl (C=O) groups is 1. The highest BCUT2D eigenvalue weighted by Gasteiger charge is 2.23. The zero-order valence-electron chi connectivity index (χ0n) is 17.5. The van der Waals surface area contributed by atoms with Crippen LogP contribution in [0, 0.1) is 0 Å². The molecule has 2 aliphatic rings. The minimum absolute atomic E-state index is 0.176. The second-order valence-electron chi connectivity index (χ2n) is 7.58. The van der Waals surface area contributed by atoms with Crippen molar-refractivity contribution in [2.75, 3.05) is 51.2 Å². The number of amides is 1. The first-order valence-electron chi connectivity index (χ1n) is 10.6. The molecule has 158 valence electrons. The number of anilines is 1. The van der Waals surface area contributed by atoms with Crippen LogP contribution in [0.1, 0.15) is 17.5 Å². The van der Waals surface area contributed by atoms with E-state index in [4.69, 9.17) is 0 Å². The third-order valence-electron chi connectivity index (χ3n) is 5.73. The first-order chi connectivity index (χ1) is 14.7. The van der Waals surface area contributed by atoms with E-state index in [-0.39, 0.29) is 5.91 Å². The maximum absolute atomic E-state index is 12.6. The summed E-state index contributed by atoms with van der Waals surface area (Å²) < 4.78 is 0. The third kappa shape index (κ3) is 4.69. The fourth-order valence-electron chi connectivity index (χ4n) is 4.06. The van der Waals surface area contributed by atoms with Crippen molar-refractivity contribution in [2.45, 2.75) is 19.4 Å². The summed E-state index contributed by atoms with van der Waals surface area (Å²) in [4.78, 5) is 32.0. The average molecular weight is 408 g/mol. The van der Waals surface area contributed by atoms with E-state index in [1.165, 1.54) is 11.1 Å². The van der Waals surface area contributed by atoms with Gasteiger partial charge in [-0.3, -0.25) is 9.79 Å². The molecule has 3 heterocycles. The lowest BCUT2D eigenvalue weighted by molar-refractivity contribution is -0.131. The molecule has 0 saturated carbocycles. The number of hydrogen-bond donors (Lipinski definition) is 1.